The summed E-state index contributed by atoms with van der Waals surface area (Å²) in [6.45, 7) is 2.02. The lowest BCUT2D eigenvalue weighted by molar-refractivity contribution is -0.116. The van der Waals surface area contributed by atoms with E-state index in [-0.39, 0.29) is 12.5 Å². The Hall–Kier alpha value is -3.72. The number of rotatable bonds is 5. The van der Waals surface area contributed by atoms with Crippen molar-refractivity contribution in [2.24, 2.45) is 0 Å². The van der Waals surface area contributed by atoms with Crippen LogP contribution >= 0.6 is 11.3 Å². The van der Waals surface area contributed by atoms with Crippen molar-refractivity contribution in [3.8, 4) is 16.6 Å². The van der Waals surface area contributed by atoms with E-state index in [0.717, 1.165) is 22.4 Å². The molecule has 0 saturated carbocycles. The van der Waals surface area contributed by atoms with Crippen LogP contribution in [0.2, 0.25) is 0 Å². The largest absolute Gasteiger partial charge is 0.463 e. The molecule has 8 nitrogen and oxygen atoms in total. The quantitative estimate of drug-likeness (QED) is 0.480. The summed E-state index contributed by atoms with van der Waals surface area (Å²) in [5.41, 5.74) is 3.28. The van der Waals surface area contributed by atoms with Gasteiger partial charge in [0.15, 0.2) is 5.76 Å². The zero-order valence-electron chi connectivity index (χ0n) is 15.4. The Morgan fingerprint density at radius 2 is 2.14 bits per heavy atom. The zero-order chi connectivity index (χ0) is 19.8. The van der Waals surface area contributed by atoms with Crippen molar-refractivity contribution in [3.05, 3.63) is 66.1 Å². The average molecular weight is 404 g/mol. The highest BCUT2D eigenvalue weighted by molar-refractivity contribution is 7.12. The van der Waals surface area contributed by atoms with Crippen LogP contribution in [0.1, 0.15) is 5.69 Å². The molecule has 0 aliphatic rings. The number of furan rings is 1. The minimum atomic E-state index is -0.169. The van der Waals surface area contributed by atoms with Crippen molar-refractivity contribution in [3.63, 3.8) is 0 Å². The number of aromatic nitrogens is 5. The number of aryl methyl sites for hydroxylation is 1. The third-order valence-electron chi connectivity index (χ3n) is 4.39. The van der Waals surface area contributed by atoms with E-state index in [1.54, 1.807) is 17.3 Å². The summed E-state index contributed by atoms with van der Waals surface area (Å²) >= 11 is 1.43. The SMILES string of the molecule is Cc1cc(NC(=O)Cn2cnc3ccccc32)n(-c2nc(-c3ccco3)cs2)n1. The molecule has 4 aromatic heterocycles. The molecule has 0 atom stereocenters. The number of hydrogen-bond acceptors (Lipinski definition) is 6. The van der Waals surface area contributed by atoms with E-state index in [4.69, 9.17) is 4.42 Å². The van der Waals surface area contributed by atoms with Crippen LogP contribution in [0.5, 0.6) is 0 Å². The number of para-hydroxylation sites is 2. The van der Waals surface area contributed by atoms with E-state index in [1.807, 2.05) is 59.3 Å². The van der Waals surface area contributed by atoms with E-state index >= 15 is 0 Å². The number of imidazole rings is 1. The number of hydrogen-bond donors (Lipinski definition) is 1. The maximum absolute atomic E-state index is 12.7. The van der Waals surface area contributed by atoms with Crippen LogP contribution in [0.4, 0.5) is 5.82 Å². The van der Waals surface area contributed by atoms with Crippen molar-refractivity contribution in [2.45, 2.75) is 13.5 Å². The highest BCUT2D eigenvalue weighted by Gasteiger charge is 2.16. The molecule has 9 heteroatoms. The Morgan fingerprint density at radius 1 is 1.24 bits per heavy atom. The minimum Gasteiger partial charge on any atom is -0.463 e. The summed E-state index contributed by atoms with van der Waals surface area (Å²) in [5, 5.41) is 9.95. The molecule has 0 aliphatic heterocycles. The average Bonchev–Trinajstić information content (AvgIpc) is 3.48. The molecule has 1 aromatic carbocycles. The van der Waals surface area contributed by atoms with E-state index < -0.39 is 0 Å². The second-order valence-electron chi connectivity index (χ2n) is 6.48. The molecule has 0 radical (unpaired) electrons. The fraction of sp³-hybridized carbons (Fsp3) is 0.100. The lowest BCUT2D eigenvalue weighted by atomic mass is 10.3. The van der Waals surface area contributed by atoms with Crippen molar-refractivity contribution in [2.75, 3.05) is 5.32 Å². The first-order valence-electron chi connectivity index (χ1n) is 8.93. The van der Waals surface area contributed by atoms with Gasteiger partial charge in [0.1, 0.15) is 18.1 Å². The van der Waals surface area contributed by atoms with Gasteiger partial charge in [0.25, 0.3) is 0 Å². The van der Waals surface area contributed by atoms with Crippen LogP contribution in [-0.2, 0) is 11.3 Å². The minimum absolute atomic E-state index is 0.153. The summed E-state index contributed by atoms with van der Waals surface area (Å²) in [4.78, 5) is 21.6. The summed E-state index contributed by atoms with van der Waals surface area (Å²) < 4.78 is 8.85. The molecule has 0 bridgehead atoms. The number of benzene rings is 1. The van der Waals surface area contributed by atoms with E-state index in [0.29, 0.717) is 16.7 Å². The van der Waals surface area contributed by atoms with Gasteiger partial charge in [-0.25, -0.2) is 9.97 Å². The van der Waals surface area contributed by atoms with Gasteiger partial charge >= 0.3 is 0 Å². The van der Waals surface area contributed by atoms with E-state index in [9.17, 15) is 4.79 Å². The van der Waals surface area contributed by atoms with Gasteiger partial charge in [-0.1, -0.05) is 12.1 Å². The zero-order valence-corrected chi connectivity index (χ0v) is 16.3. The molecule has 5 rings (SSSR count). The van der Waals surface area contributed by atoms with E-state index in [1.165, 1.54) is 11.3 Å². The normalized spacial score (nSPS) is 11.2. The Labute approximate surface area is 169 Å². The maximum atomic E-state index is 12.7. The Bertz CT molecular complexity index is 1300. The van der Waals surface area contributed by atoms with Crippen LogP contribution in [0.25, 0.3) is 27.6 Å². The van der Waals surface area contributed by atoms with Gasteiger partial charge in [-0.05, 0) is 31.2 Å². The number of anilines is 1. The molecule has 0 unspecified atom stereocenters. The Balaban J connectivity index is 1.39. The molecule has 5 aromatic rings. The van der Waals surface area contributed by atoms with Gasteiger partial charge in [-0.15, -0.1) is 11.3 Å². The molecular weight excluding hydrogens is 388 g/mol. The lowest BCUT2D eigenvalue weighted by Gasteiger charge is -2.07. The number of carbonyl (C=O) groups excluding carboxylic acids is 1. The van der Waals surface area contributed by atoms with Gasteiger partial charge in [-0.3, -0.25) is 4.79 Å². The smallest absolute Gasteiger partial charge is 0.245 e. The monoisotopic (exact) mass is 404 g/mol. The fourth-order valence-corrected chi connectivity index (χ4v) is 3.88. The Morgan fingerprint density at radius 3 is 3.00 bits per heavy atom. The van der Waals surface area contributed by atoms with Crippen molar-refractivity contribution >= 4 is 34.1 Å². The van der Waals surface area contributed by atoms with Crippen LogP contribution in [0, 0.1) is 6.92 Å². The molecule has 144 valence electrons. The van der Waals surface area contributed by atoms with Crippen molar-refractivity contribution in [1.82, 2.24) is 24.3 Å². The molecule has 4 heterocycles. The maximum Gasteiger partial charge on any atom is 0.245 e. The van der Waals surface area contributed by atoms with Crippen molar-refractivity contribution in [1.29, 1.82) is 0 Å². The first kappa shape index (κ1) is 17.4. The number of amides is 1. The Kier molecular flexibility index (Phi) is 4.21. The van der Waals surface area contributed by atoms with Crippen LogP contribution in [-0.4, -0.2) is 30.2 Å². The summed E-state index contributed by atoms with van der Waals surface area (Å²) in [6.07, 6.45) is 3.28. The second-order valence-corrected chi connectivity index (χ2v) is 7.32. The van der Waals surface area contributed by atoms with Crippen LogP contribution in [0.15, 0.2) is 64.9 Å². The number of nitrogens with one attached hydrogen (secondary N) is 1. The highest BCUT2D eigenvalue weighted by Crippen LogP contribution is 2.26. The third kappa shape index (κ3) is 3.32. The number of nitrogens with zero attached hydrogens (tertiary/aromatic N) is 5. The summed E-state index contributed by atoms with van der Waals surface area (Å²) in [5.74, 6) is 1.09. The standard InChI is InChI=1S/C20H16N6O2S/c1-13-9-18(23-19(27)10-25-12-21-14-5-2-3-6-16(14)25)26(24-13)20-22-15(11-29-20)17-7-4-8-28-17/h2-9,11-12H,10H2,1H3,(H,23,27). The highest BCUT2D eigenvalue weighted by atomic mass is 32.1. The lowest BCUT2D eigenvalue weighted by Crippen LogP contribution is -2.20. The van der Waals surface area contributed by atoms with Gasteiger partial charge in [0.2, 0.25) is 11.0 Å². The predicted molar refractivity (Wildman–Crippen MR) is 110 cm³/mol. The predicted octanol–water partition coefficient (Wildman–Crippen LogP) is 3.89. The van der Waals surface area contributed by atoms with E-state index in [2.05, 4.69) is 20.4 Å². The fourth-order valence-electron chi connectivity index (χ4n) is 3.11. The van der Waals surface area contributed by atoms with Gasteiger partial charge in [-0.2, -0.15) is 9.78 Å². The topological polar surface area (TPSA) is 90.8 Å². The van der Waals surface area contributed by atoms with Gasteiger partial charge < -0.3 is 14.3 Å². The first-order valence-corrected chi connectivity index (χ1v) is 9.81. The molecule has 1 N–H and O–H groups in total. The second kappa shape index (κ2) is 7.02. The molecule has 0 saturated heterocycles. The van der Waals surface area contributed by atoms with Gasteiger partial charge in [0.05, 0.1) is 29.3 Å². The number of carbonyl (C=O) groups is 1. The molecule has 0 spiro atoms. The summed E-state index contributed by atoms with van der Waals surface area (Å²) in [7, 11) is 0. The van der Waals surface area contributed by atoms with Crippen LogP contribution < -0.4 is 5.32 Å². The molecule has 1 amide bonds. The summed E-state index contributed by atoms with van der Waals surface area (Å²) in [6, 6.07) is 13.2. The van der Waals surface area contributed by atoms with Crippen LogP contribution in [0.3, 0.4) is 0 Å². The molecular formula is C20H16N6O2S. The molecule has 29 heavy (non-hydrogen) atoms. The molecule has 0 aliphatic carbocycles. The number of thiazole rings is 1. The van der Waals surface area contributed by atoms with Crippen molar-refractivity contribution < 1.29 is 9.21 Å². The number of fused-ring (bicyclic) bond motifs is 1. The molecule has 0 fully saturated rings. The third-order valence-corrected chi connectivity index (χ3v) is 5.20. The first-order chi connectivity index (χ1) is 14.2. The van der Waals surface area contributed by atoms with Gasteiger partial charge in [0, 0.05) is 11.4 Å².